The SMILES string of the molecule is Cc1ccc(S(=O)(=O)[N-]c2cc3c4c(oc3c3ccccc23)CCCC4=O)c(C)c1. The maximum Gasteiger partial charge on any atom is 0.167 e. The summed E-state index contributed by atoms with van der Waals surface area (Å²) in [6, 6.07) is 14.3. The molecule has 1 heterocycles. The van der Waals surface area contributed by atoms with Crippen LogP contribution in [0.2, 0.25) is 0 Å². The average Bonchev–Trinajstić information content (AvgIpc) is 3.07. The molecule has 0 unspecified atom stereocenters. The number of fused-ring (bicyclic) bond motifs is 5. The van der Waals surface area contributed by atoms with Crippen molar-refractivity contribution in [3.63, 3.8) is 0 Å². The van der Waals surface area contributed by atoms with E-state index in [0.717, 1.165) is 17.4 Å². The zero-order valence-corrected chi connectivity index (χ0v) is 17.5. The van der Waals surface area contributed by atoms with Gasteiger partial charge in [0, 0.05) is 23.6 Å². The van der Waals surface area contributed by atoms with Crippen molar-refractivity contribution in [2.75, 3.05) is 0 Å². The minimum absolute atomic E-state index is 0.0356. The zero-order valence-electron chi connectivity index (χ0n) is 16.7. The van der Waals surface area contributed by atoms with Gasteiger partial charge in [-0.2, -0.15) is 0 Å². The summed E-state index contributed by atoms with van der Waals surface area (Å²) in [5.41, 5.74) is 3.15. The van der Waals surface area contributed by atoms with Crippen LogP contribution in [0.3, 0.4) is 0 Å². The molecule has 5 rings (SSSR count). The highest BCUT2D eigenvalue weighted by atomic mass is 32.2. The highest BCUT2D eigenvalue weighted by molar-refractivity contribution is 7.94. The summed E-state index contributed by atoms with van der Waals surface area (Å²) < 4.78 is 36.6. The zero-order chi connectivity index (χ0) is 21.0. The average molecular weight is 418 g/mol. The molecule has 1 aromatic heterocycles. The molecule has 0 amide bonds. The lowest BCUT2D eigenvalue weighted by atomic mass is 9.93. The highest BCUT2D eigenvalue weighted by Gasteiger charge is 2.25. The summed E-state index contributed by atoms with van der Waals surface area (Å²) >= 11 is 0. The van der Waals surface area contributed by atoms with Crippen LogP contribution in [0.5, 0.6) is 0 Å². The summed E-state index contributed by atoms with van der Waals surface area (Å²) in [5, 5.41) is 2.08. The fraction of sp³-hybridized carbons (Fsp3) is 0.208. The Hall–Kier alpha value is -3.12. The molecule has 0 spiro atoms. The van der Waals surface area contributed by atoms with Gasteiger partial charge in [-0.3, -0.25) is 4.79 Å². The van der Waals surface area contributed by atoms with Crippen molar-refractivity contribution in [1.29, 1.82) is 0 Å². The Bertz CT molecular complexity index is 1450. The van der Waals surface area contributed by atoms with Crippen LogP contribution < -0.4 is 0 Å². The third-order valence-corrected chi connectivity index (χ3v) is 7.11. The lowest BCUT2D eigenvalue weighted by Crippen LogP contribution is -2.08. The molecule has 0 saturated carbocycles. The number of hydrogen-bond donors (Lipinski definition) is 0. The van der Waals surface area contributed by atoms with Crippen LogP contribution in [0.4, 0.5) is 5.69 Å². The molecule has 0 N–H and O–H groups in total. The van der Waals surface area contributed by atoms with E-state index in [1.807, 2.05) is 37.3 Å². The van der Waals surface area contributed by atoms with Crippen molar-refractivity contribution < 1.29 is 17.6 Å². The van der Waals surface area contributed by atoms with Gasteiger partial charge in [-0.15, -0.1) is 5.69 Å². The standard InChI is InChI=1S/C24H20NO4S/c1-14-10-11-22(15(2)12-14)30(27,28)25-19-13-18-23-20(26)8-5-9-21(23)29-24(18)17-7-4-3-6-16(17)19/h3-4,6-7,10-13H,5,8-9H2,1-2H3/q-1. The van der Waals surface area contributed by atoms with Gasteiger partial charge in [0.25, 0.3) is 0 Å². The van der Waals surface area contributed by atoms with Crippen LogP contribution in [0, 0.1) is 13.8 Å². The van der Waals surface area contributed by atoms with Gasteiger partial charge in [-0.25, -0.2) is 8.42 Å². The number of benzene rings is 3. The number of hydrogen-bond acceptors (Lipinski definition) is 4. The van der Waals surface area contributed by atoms with E-state index in [9.17, 15) is 13.2 Å². The Labute approximate surface area is 174 Å². The first-order chi connectivity index (χ1) is 14.3. The summed E-state index contributed by atoms with van der Waals surface area (Å²) in [7, 11) is -3.93. The number of aryl methyl sites for hydroxylation is 3. The third-order valence-electron chi connectivity index (χ3n) is 5.66. The van der Waals surface area contributed by atoms with E-state index in [0.29, 0.717) is 51.8 Å². The van der Waals surface area contributed by atoms with Crippen LogP contribution in [-0.2, 0) is 16.4 Å². The number of carbonyl (C=O) groups is 1. The monoisotopic (exact) mass is 418 g/mol. The molecule has 5 nitrogen and oxygen atoms in total. The Balaban J connectivity index is 1.74. The lowest BCUT2D eigenvalue weighted by molar-refractivity contribution is 0.0971. The summed E-state index contributed by atoms with van der Waals surface area (Å²) in [4.78, 5) is 12.8. The van der Waals surface area contributed by atoms with Crippen LogP contribution in [0.15, 0.2) is 57.8 Å². The Kier molecular flexibility index (Phi) is 4.22. The van der Waals surface area contributed by atoms with Crippen LogP contribution in [-0.4, -0.2) is 14.2 Å². The second kappa shape index (κ2) is 6.71. The van der Waals surface area contributed by atoms with Gasteiger partial charge < -0.3 is 9.14 Å². The molecule has 1 aliphatic carbocycles. The van der Waals surface area contributed by atoms with Crippen molar-refractivity contribution >= 4 is 43.2 Å². The largest absolute Gasteiger partial charge is 0.572 e. The molecule has 30 heavy (non-hydrogen) atoms. The first kappa shape index (κ1) is 18.9. The smallest absolute Gasteiger partial charge is 0.167 e. The van der Waals surface area contributed by atoms with E-state index in [1.165, 1.54) is 0 Å². The maximum absolute atomic E-state index is 13.1. The van der Waals surface area contributed by atoms with Crippen LogP contribution >= 0.6 is 0 Å². The fourth-order valence-corrected chi connectivity index (χ4v) is 5.52. The van der Waals surface area contributed by atoms with Crippen molar-refractivity contribution in [3.05, 3.63) is 75.7 Å². The molecule has 4 aromatic rings. The van der Waals surface area contributed by atoms with Crippen LogP contribution in [0.1, 0.15) is 40.1 Å². The second-order valence-corrected chi connectivity index (χ2v) is 9.40. The number of carbonyl (C=O) groups excluding carboxylic acids is 1. The Morgan fingerprint density at radius 1 is 0.933 bits per heavy atom. The summed E-state index contributed by atoms with van der Waals surface area (Å²) in [5.74, 6) is 0.717. The molecule has 152 valence electrons. The van der Waals surface area contributed by atoms with E-state index < -0.39 is 10.0 Å². The minimum Gasteiger partial charge on any atom is -0.572 e. The quantitative estimate of drug-likeness (QED) is 0.402. The molecule has 0 fully saturated rings. The van der Waals surface area contributed by atoms with Crippen LogP contribution in [0.25, 0.3) is 26.5 Å². The normalized spacial score (nSPS) is 14.3. The topological polar surface area (TPSA) is 78.5 Å². The van der Waals surface area contributed by atoms with E-state index >= 15 is 0 Å². The van der Waals surface area contributed by atoms with E-state index in [2.05, 4.69) is 4.72 Å². The lowest BCUT2D eigenvalue weighted by Gasteiger charge is -2.25. The number of sulfonamides is 1. The molecule has 0 radical (unpaired) electrons. The third kappa shape index (κ3) is 2.91. The van der Waals surface area contributed by atoms with Gasteiger partial charge in [-0.1, -0.05) is 48.0 Å². The van der Waals surface area contributed by atoms with Gasteiger partial charge in [0.05, 0.1) is 10.5 Å². The molecule has 0 atom stereocenters. The fourth-order valence-electron chi connectivity index (χ4n) is 4.31. The molecule has 6 heteroatoms. The van der Waals surface area contributed by atoms with Gasteiger partial charge in [0.1, 0.15) is 21.4 Å². The predicted molar refractivity (Wildman–Crippen MR) is 117 cm³/mol. The van der Waals surface area contributed by atoms with Crippen molar-refractivity contribution in [2.24, 2.45) is 0 Å². The Morgan fingerprint density at radius 2 is 1.70 bits per heavy atom. The predicted octanol–water partition coefficient (Wildman–Crippen LogP) is 6.12. The number of nitrogens with zero attached hydrogens (tertiary/aromatic N) is 1. The number of ketones is 1. The molecule has 3 aromatic carbocycles. The van der Waals surface area contributed by atoms with Gasteiger partial charge in [0.2, 0.25) is 0 Å². The van der Waals surface area contributed by atoms with Gasteiger partial charge in [-0.05, 0) is 37.3 Å². The molecule has 0 bridgehead atoms. The summed E-state index contributed by atoms with van der Waals surface area (Å²) in [6.07, 6.45) is 1.95. The van der Waals surface area contributed by atoms with E-state index in [4.69, 9.17) is 4.42 Å². The van der Waals surface area contributed by atoms with E-state index in [-0.39, 0.29) is 10.7 Å². The Morgan fingerprint density at radius 3 is 2.47 bits per heavy atom. The molecule has 1 aliphatic rings. The second-order valence-electron chi connectivity index (χ2n) is 7.83. The first-order valence-corrected chi connectivity index (χ1v) is 11.3. The highest BCUT2D eigenvalue weighted by Crippen LogP contribution is 2.43. The van der Waals surface area contributed by atoms with Crippen molar-refractivity contribution in [2.45, 2.75) is 38.0 Å². The number of rotatable bonds is 3. The van der Waals surface area contributed by atoms with Gasteiger partial charge >= 0.3 is 0 Å². The number of Topliss-reactive ketones (excluding diaryl/α,β-unsaturated/α-hetero) is 1. The molecular weight excluding hydrogens is 398 g/mol. The van der Waals surface area contributed by atoms with E-state index in [1.54, 1.807) is 25.1 Å². The number of furan rings is 1. The first-order valence-electron chi connectivity index (χ1n) is 9.91. The minimum atomic E-state index is -3.93. The van der Waals surface area contributed by atoms with Crippen molar-refractivity contribution in [1.82, 2.24) is 0 Å². The molecule has 0 aliphatic heterocycles. The van der Waals surface area contributed by atoms with Crippen molar-refractivity contribution in [3.8, 4) is 0 Å². The molecular formula is C24H20NO4S-. The van der Waals surface area contributed by atoms with Gasteiger partial charge in [0.15, 0.2) is 5.78 Å². The maximum atomic E-state index is 13.1. The summed E-state index contributed by atoms with van der Waals surface area (Å²) in [6.45, 7) is 3.68. The molecule has 0 saturated heterocycles.